The van der Waals surface area contributed by atoms with E-state index in [9.17, 15) is 0 Å². The van der Waals surface area contributed by atoms with E-state index in [0.29, 0.717) is 11.4 Å². The Morgan fingerprint density at radius 3 is 2.58 bits per heavy atom. The number of amidine groups is 1. The normalized spacial score (nSPS) is 12.4. The van der Waals surface area contributed by atoms with Crippen LogP contribution in [0.4, 0.5) is 11.7 Å². The number of hydrogen-bond acceptors (Lipinski definition) is 5. The molecule has 0 aliphatic heterocycles. The number of para-hydroxylation sites is 3. The molecule has 6 nitrogen and oxygen atoms in total. The van der Waals surface area contributed by atoms with Gasteiger partial charge in [-0.3, -0.25) is 5.43 Å². The van der Waals surface area contributed by atoms with Crippen molar-refractivity contribution in [2.24, 2.45) is 21.2 Å². The number of oxazole rings is 1. The molecule has 24 heavy (non-hydrogen) atoms. The number of nitrogens with zero attached hydrogens (tertiary/aromatic N) is 4. The summed E-state index contributed by atoms with van der Waals surface area (Å²) in [6, 6.07) is 15.7. The number of rotatable bonds is 4. The average Bonchev–Trinajstić information content (AvgIpc) is 2.98. The highest BCUT2D eigenvalue weighted by Crippen LogP contribution is 2.21. The fourth-order valence-electron chi connectivity index (χ4n) is 2.08. The molecule has 0 aliphatic carbocycles. The summed E-state index contributed by atoms with van der Waals surface area (Å²) in [5.74, 6) is 0.676. The van der Waals surface area contributed by atoms with Gasteiger partial charge in [0.1, 0.15) is 5.52 Å². The van der Waals surface area contributed by atoms with Crippen molar-refractivity contribution in [3.05, 3.63) is 54.1 Å². The Balaban J connectivity index is 1.80. The third-order valence-electron chi connectivity index (χ3n) is 3.47. The average molecular weight is 321 g/mol. The first kappa shape index (κ1) is 15.9. The van der Waals surface area contributed by atoms with E-state index in [-0.39, 0.29) is 11.9 Å². The number of anilines is 1. The van der Waals surface area contributed by atoms with E-state index in [4.69, 9.17) is 4.42 Å². The Morgan fingerprint density at radius 1 is 1.08 bits per heavy atom. The minimum absolute atomic E-state index is 0.106. The summed E-state index contributed by atoms with van der Waals surface area (Å²) in [6.07, 6.45) is 0. The van der Waals surface area contributed by atoms with Crippen LogP contribution in [0.25, 0.3) is 11.1 Å². The first-order valence-corrected chi connectivity index (χ1v) is 7.80. The molecule has 122 valence electrons. The van der Waals surface area contributed by atoms with Gasteiger partial charge in [-0.05, 0) is 30.7 Å². The van der Waals surface area contributed by atoms with Gasteiger partial charge in [0.15, 0.2) is 11.4 Å². The van der Waals surface area contributed by atoms with Crippen LogP contribution in [0.5, 0.6) is 0 Å². The second-order valence-corrected chi connectivity index (χ2v) is 5.72. The van der Waals surface area contributed by atoms with E-state index in [0.717, 1.165) is 16.8 Å². The monoisotopic (exact) mass is 321 g/mol. The zero-order chi connectivity index (χ0) is 16.9. The van der Waals surface area contributed by atoms with E-state index >= 15 is 0 Å². The van der Waals surface area contributed by atoms with Crippen LogP contribution >= 0.6 is 0 Å². The molecule has 0 unspecified atom stereocenters. The summed E-state index contributed by atoms with van der Waals surface area (Å²) in [7, 11) is 0. The largest absolute Gasteiger partial charge is 0.421 e. The van der Waals surface area contributed by atoms with Crippen molar-refractivity contribution in [3.63, 3.8) is 0 Å². The van der Waals surface area contributed by atoms with Crippen LogP contribution in [0.3, 0.4) is 0 Å². The van der Waals surface area contributed by atoms with Gasteiger partial charge in [0.05, 0.1) is 5.69 Å². The highest BCUT2D eigenvalue weighted by Gasteiger charge is 2.07. The lowest BCUT2D eigenvalue weighted by Gasteiger charge is -2.07. The lowest BCUT2D eigenvalue weighted by molar-refractivity contribution is 0.606. The summed E-state index contributed by atoms with van der Waals surface area (Å²) in [6.45, 7) is 6.03. The van der Waals surface area contributed by atoms with Crippen molar-refractivity contribution >= 4 is 28.6 Å². The number of aryl methyl sites for hydroxylation is 1. The molecule has 0 bridgehead atoms. The molecule has 3 aromatic rings. The number of nitrogens with one attached hydrogen (secondary N) is 1. The van der Waals surface area contributed by atoms with Crippen LogP contribution in [-0.2, 0) is 0 Å². The van der Waals surface area contributed by atoms with Crippen molar-refractivity contribution in [3.8, 4) is 0 Å². The van der Waals surface area contributed by atoms with Gasteiger partial charge >= 0.3 is 6.01 Å². The minimum Gasteiger partial charge on any atom is -0.421 e. The summed E-state index contributed by atoms with van der Waals surface area (Å²) >= 11 is 0. The molecule has 1 aromatic heterocycles. The minimum atomic E-state index is 0.106. The number of hydrazone groups is 1. The van der Waals surface area contributed by atoms with Crippen LogP contribution in [0.2, 0.25) is 0 Å². The van der Waals surface area contributed by atoms with Gasteiger partial charge in [-0.2, -0.15) is 10.1 Å². The number of fused-ring (bicyclic) bond motifs is 1. The molecule has 0 fully saturated rings. The molecule has 0 atom stereocenters. The SMILES string of the molecule is Cc1ccccc1NN=C(N=Nc1nc2ccccc2o1)C(C)C. The Morgan fingerprint density at radius 2 is 1.83 bits per heavy atom. The van der Waals surface area contributed by atoms with Crippen molar-refractivity contribution in [1.82, 2.24) is 4.98 Å². The third kappa shape index (κ3) is 3.65. The summed E-state index contributed by atoms with van der Waals surface area (Å²) in [5, 5.41) is 12.6. The summed E-state index contributed by atoms with van der Waals surface area (Å²) in [4.78, 5) is 4.27. The fraction of sp³-hybridized carbons (Fsp3) is 0.222. The van der Waals surface area contributed by atoms with Crippen LogP contribution in [0, 0.1) is 12.8 Å². The van der Waals surface area contributed by atoms with Gasteiger partial charge in [0.25, 0.3) is 0 Å². The van der Waals surface area contributed by atoms with Crippen molar-refractivity contribution in [2.75, 3.05) is 5.43 Å². The Bertz CT molecular complexity index is 862. The fourth-order valence-corrected chi connectivity index (χ4v) is 2.08. The number of benzene rings is 2. The number of aromatic nitrogens is 1. The predicted molar refractivity (Wildman–Crippen MR) is 95.6 cm³/mol. The number of azo groups is 1. The molecule has 0 amide bonds. The maximum absolute atomic E-state index is 5.53. The van der Waals surface area contributed by atoms with E-state index in [1.165, 1.54) is 0 Å². The standard InChI is InChI=1S/C18H19N5O/c1-12(2)17(21-20-14-9-5-4-8-13(14)3)22-23-18-19-15-10-6-7-11-16(15)24-18/h4-12,20H,1-3H3. The molecule has 1 N–H and O–H groups in total. The quantitative estimate of drug-likeness (QED) is 0.306. The molecule has 0 saturated carbocycles. The first-order chi connectivity index (χ1) is 11.6. The van der Waals surface area contributed by atoms with Crippen molar-refractivity contribution in [1.29, 1.82) is 0 Å². The zero-order valence-corrected chi connectivity index (χ0v) is 13.9. The lowest BCUT2D eigenvalue weighted by Crippen LogP contribution is -2.07. The summed E-state index contributed by atoms with van der Waals surface area (Å²) < 4.78 is 5.53. The first-order valence-electron chi connectivity index (χ1n) is 7.80. The topological polar surface area (TPSA) is 75.1 Å². The van der Waals surface area contributed by atoms with Crippen LogP contribution in [-0.4, -0.2) is 10.8 Å². The van der Waals surface area contributed by atoms with Crippen molar-refractivity contribution < 1.29 is 4.42 Å². The molecular formula is C18H19N5O. The molecule has 0 spiro atoms. The maximum Gasteiger partial charge on any atom is 0.342 e. The van der Waals surface area contributed by atoms with E-state index in [1.807, 2.05) is 69.3 Å². The lowest BCUT2D eigenvalue weighted by atomic mass is 10.2. The molecular weight excluding hydrogens is 302 g/mol. The zero-order valence-electron chi connectivity index (χ0n) is 13.9. The molecule has 0 radical (unpaired) electrons. The highest BCUT2D eigenvalue weighted by atomic mass is 16.4. The van der Waals surface area contributed by atoms with E-state index < -0.39 is 0 Å². The molecule has 2 aromatic carbocycles. The summed E-state index contributed by atoms with van der Waals surface area (Å²) in [5.41, 5.74) is 6.53. The van der Waals surface area contributed by atoms with Gasteiger partial charge in [0, 0.05) is 5.92 Å². The van der Waals surface area contributed by atoms with Gasteiger partial charge < -0.3 is 4.42 Å². The molecule has 3 rings (SSSR count). The third-order valence-corrected chi connectivity index (χ3v) is 3.47. The Labute approximate surface area is 140 Å². The van der Waals surface area contributed by atoms with Crippen LogP contribution in [0.1, 0.15) is 19.4 Å². The number of hydrogen-bond donors (Lipinski definition) is 1. The predicted octanol–water partition coefficient (Wildman–Crippen LogP) is 5.30. The molecule has 1 heterocycles. The second kappa shape index (κ2) is 7.04. The van der Waals surface area contributed by atoms with Gasteiger partial charge in [-0.25, -0.2) is 0 Å². The van der Waals surface area contributed by atoms with Crippen LogP contribution < -0.4 is 5.43 Å². The second-order valence-electron chi connectivity index (χ2n) is 5.72. The molecule has 0 aliphatic rings. The van der Waals surface area contributed by atoms with E-state index in [1.54, 1.807) is 0 Å². The van der Waals surface area contributed by atoms with Gasteiger partial charge in [0.2, 0.25) is 0 Å². The van der Waals surface area contributed by atoms with Crippen molar-refractivity contribution in [2.45, 2.75) is 20.8 Å². The van der Waals surface area contributed by atoms with E-state index in [2.05, 4.69) is 25.7 Å². The smallest absolute Gasteiger partial charge is 0.342 e. The highest BCUT2D eigenvalue weighted by molar-refractivity contribution is 5.85. The Kier molecular flexibility index (Phi) is 4.65. The Hall–Kier alpha value is -3.02. The van der Waals surface area contributed by atoms with Crippen LogP contribution in [0.15, 0.2) is 68.3 Å². The van der Waals surface area contributed by atoms with Gasteiger partial charge in [-0.15, -0.1) is 5.11 Å². The van der Waals surface area contributed by atoms with Gasteiger partial charge in [-0.1, -0.05) is 49.3 Å². The molecule has 0 saturated heterocycles. The molecule has 6 heteroatoms. The maximum atomic E-state index is 5.53.